The van der Waals surface area contributed by atoms with E-state index in [1.807, 2.05) is 0 Å². The molecule has 62 heavy (non-hydrogen) atoms. The Hall–Kier alpha value is -3.24. The molecule has 2 fully saturated rings. The molecule has 0 spiro atoms. The summed E-state index contributed by atoms with van der Waals surface area (Å²) < 4.78 is 61.2. The Bertz CT molecular complexity index is 2050. The molecule has 0 saturated carbocycles. The van der Waals surface area contributed by atoms with Crippen molar-refractivity contribution < 1.29 is 56.7 Å². The van der Waals surface area contributed by atoms with E-state index in [2.05, 4.69) is 29.9 Å². The van der Waals surface area contributed by atoms with Gasteiger partial charge in [0.15, 0.2) is 22.3 Å². The highest BCUT2D eigenvalue weighted by Crippen LogP contribution is 2.50. The predicted octanol–water partition coefficient (Wildman–Crippen LogP) is 5.06. The van der Waals surface area contributed by atoms with E-state index in [0.29, 0.717) is 24.1 Å². The van der Waals surface area contributed by atoms with E-state index >= 15 is 0 Å². The lowest BCUT2D eigenvalue weighted by atomic mass is 10.0. The molecule has 2 unspecified atom stereocenters. The van der Waals surface area contributed by atoms with E-state index in [4.69, 9.17) is 27.6 Å². The average molecular weight is 915 g/mol. The zero-order valence-electron chi connectivity index (χ0n) is 34.8. The maximum Gasteiger partial charge on any atom is 0.472 e. The Labute approximate surface area is 357 Å². The topological polar surface area (TPSA) is 298 Å². The highest BCUT2D eigenvalue weighted by molar-refractivity contribution is 7.47. The van der Waals surface area contributed by atoms with Crippen molar-refractivity contribution in [3.8, 4) is 0 Å². The third kappa shape index (κ3) is 13.6. The summed E-state index contributed by atoms with van der Waals surface area (Å²) in [6.07, 6.45) is 17.3. The lowest BCUT2D eigenvalue weighted by Crippen LogP contribution is -2.27. The van der Waals surface area contributed by atoms with Crippen LogP contribution in [0.3, 0.4) is 0 Å². The molecular weight excluding hydrogens is 854 g/mol. The predicted molar refractivity (Wildman–Crippen MR) is 223 cm³/mol. The van der Waals surface area contributed by atoms with Crippen LogP contribution in [0.4, 0.5) is 0 Å². The first-order valence-electron chi connectivity index (χ1n) is 21.6. The molecule has 0 bridgehead atoms. The standard InChI is InChI=1S/C38H60N8O14P2/c47-21-29-27(19-31(57-29)45-25-43-33-35(45)39-23-41-37(33)49)59-61(51,52)55-17-15-13-11-9-7-5-3-1-2-4-6-8-10-12-14-16-18-56-62(53,54)60-28-20-32(58-30(28)22-48)46-26-44-34-36(46)40-24-42-38(34)50/h23-32,47-48H,1-22H2,(H,51,52)(H,53,54)(H,39,41,49)(H,40,42,50)/t27-,28-,29+,30+,31+,32+/m0/s1. The number of imidazole rings is 2. The molecule has 2 aliphatic heterocycles. The molecule has 0 aliphatic carbocycles. The van der Waals surface area contributed by atoms with Gasteiger partial charge in [0.1, 0.15) is 36.9 Å². The number of nitrogens with zero attached hydrogens (tertiary/aromatic N) is 6. The van der Waals surface area contributed by atoms with Crippen LogP contribution in [0.2, 0.25) is 0 Å². The van der Waals surface area contributed by atoms with E-state index in [1.165, 1.54) is 73.0 Å². The number of hydrogen-bond donors (Lipinski definition) is 6. The lowest BCUT2D eigenvalue weighted by Gasteiger charge is -2.19. The number of aliphatic hydroxyl groups excluding tert-OH is 2. The zero-order valence-corrected chi connectivity index (χ0v) is 36.6. The van der Waals surface area contributed by atoms with Crippen LogP contribution in [0.15, 0.2) is 34.9 Å². The number of fused-ring (bicyclic) bond motifs is 2. The normalized spacial score (nSPS) is 23.7. The minimum atomic E-state index is -4.40. The second-order valence-corrected chi connectivity index (χ2v) is 18.6. The first-order chi connectivity index (χ1) is 30.0. The molecule has 2 aliphatic rings. The van der Waals surface area contributed by atoms with E-state index in [-0.39, 0.29) is 37.1 Å². The maximum atomic E-state index is 12.7. The van der Waals surface area contributed by atoms with Crippen LogP contribution in [0.1, 0.15) is 128 Å². The van der Waals surface area contributed by atoms with E-state index < -0.39 is 76.8 Å². The fourth-order valence-electron chi connectivity index (χ4n) is 7.88. The van der Waals surface area contributed by atoms with Gasteiger partial charge in [-0.25, -0.2) is 29.1 Å². The van der Waals surface area contributed by atoms with Crippen LogP contribution in [0, 0.1) is 0 Å². The second-order valence-electron chi connectivity index (χ2n) is 15.8. The van der Waals surface area contributed by atoms with Gasteiger partial charge in [-0.2, -0.15) is 0 Å². The number of aliphatic hydroxyl groups is 2. The Balaban J connectivity index is 0.710. The van der Waals surface area contributed by atoms with Crippen LogP contribution in [0.5, 0.6) is 0 Å². The number of H-pyrrole nitrogens is 2. The molecule has 4 aromatic rings. The van der Waals surface area contributed by atoms with Crippen molar-refractivity contribution in [1.82, 2.24) is 39.0 Å². The Morgan fingerprint density at radius 3 is 1.26 bits per heavy atom. The Morgan fingerprint density at radius 1 is 0.581 bits per heavy atom. The van der Waals surface area contributed by atoms with Crippen molar-refractivity contribution in [3.05, 3.63) is 46.0 Å². The van der Waals surface area contributed by atoms with Crippen LogP contribution in [0.25, 0.3) is 22.3 Å². The molecule has 2 saturated heterocycles. The number of phosphoric acid groups is 2. The fourth-order valence-corrected chi connectivity index (χ4v) is 9.85. The molecular formula is C38H60N8O14P2. The SMILES string of the molecule is O=c1[nH]cnc2c1ncn2[C@H]1C[C@H](OP(=O)(O)OCCCCCCCCCCCCCCCCCCOP(=O)(O)O[C@H]2C[C@H](n3cnc4c(=O)[nH]cnc43)O[C@@H]2CO)[C@@H](CO)O1. The highest BCUT2D eigenvalue weighted by atomic mass is 31.2. The van der Waals surface area contributed by atoms with E-state index in [9.17, 15) is 38.7 Å². The summed E-state index contributed by atoms with van der Waals surface area (Å²) >= 11 is 0. The van der Waals surface area contributed by atoms with Gasteiger partial charge in [0, 0.05) is 12.8 Å². The van der Waals surface area contributed by atoms with Crippen LogP contribution in [-0.4, -0.2) is 110 Å². The van der Waals surface area contributed by atoms with Crippen molar-refractivity contribution in [1.29, 1.82) is 0 Å². The van der Waals surface area contributed by atoms with Gasteiger partial charge in [0.25, 0.3) is 11.1 Å². The smallest absolute Gasteiger partial charge is 0.394 e. The quantitative estimate of drug-likeness (QED) is 0.0306. The molecule has 8 atom stereocenters. The van der Waals surface area contributed by atoms with Crippen molar-refractivity contribution in [3.63, 3.8) is 0 Å². The van der Waals surface area contributed by atoms with Gasteiger partial charge in [0.2, 0.25) is 0 Å². The van der Waals surface area contributed by atoms with Crippen molar-refractivity contribution in [2.75, 3.05) is 26.4 Å². The molecule has 6 N–H and O–H groups in total. The third-order valence-electron chi connectivity index (χ3n) is 11.2. The molecule has 0 amide bonds. The minimum Gasteiger partial charge on any atom is -0.394 e. The lowest BCUT2D eigenvalue weighted by molar-refractivity contribution is -0.0438. The Morgan fingerprint density at radius 2 is 0.919 bits per heavy atom. The van der Waals surface area contributed by atoms with E-state index in [0.717, 1.165) is 51.4 Å². The number of unbranched alkanes of at least 4 members (excludes halogenated alkanes) is 15. The molecule has 4 aromatic heterocycles. The molecule has 6 heterocycles. The number of phosphoric ester groups is 2. The van der Waals surface area contributed by atoms with E-state index in [1.54, 1.807) is 0 Å². The minimum absolute atomic E-state index is 0.0769. The molecule has 346 valence electrons. The summed E-state index contributed by atoms with van der Waals surface area (Å²) in [5.74, 6) is 0. The van der Waals surface area contributed by atoms with Crippen molar-refractivity contribution >= 4 is 38.0 Å². The first-order valence-corrected chi connectivity index (χ1v) is 24.6. The van der Waals surface area contributed by atoms with Crippen LogP contribution in [-0.2, 0) is 36.7 Å². The van der Waals surface area contributed by atoms with Gasteiger partial charge in [-0.05, 0) is 12.8 Å². The van der Waals surface area contributed by atoms with Crippen molar-refractivity contribution in [2.45, 2.75) is 152 Å². The molecule has 6 rings (SSSR count). The highest BCUT2D eigenvalue weighted by Gasteiger charge is 2.43. The summed E-state index contributed by atoms with van der Waals surface area (Å²) in [7, 11) is -8.79. The summed E-state index contributed by atoms with van der Waals surface area (Å²) in [5.41, 5.74) is 0.0454. The summed E-state index contributed by atoms with van der Waals surface area (Å²) in [4.78, 5) is 66.0. The zero-order chi connectivity index (χ0) is 44.0. The largest absolute Gasteiger partial charge is 0.472 e. The summed E-state index contributed by atoms with van der Waals surface area (Å²) in [6.45, 7) is -0.718. The van der Waals surface area contributed by atoms with Gasteiger partial charge >= 0.3 is 15.6 Å². The van der Waals surface area contributed by atoms with Gasteiger partial charge in [-0.1, -0.05) is 89.9 Å². The Kier molecular flexibility index (Phi) is 18.4. The van der Waals surface area contributed by atoms with Gasteiger partial charge in [-0.15, -0.1) is 0 Å². The number of rotatable bonds is 29. The molecule has 24 heteroatoms. The third-order valence-corrected chi connectivity index (χ3v) is 13.2. The molecule has 22 nitrogen and oxygen atoms in total. The summed E-state index contributed by atoms with van der Waals surface area (Å²) in [6, 6.07) is 0. The second kappa shape index (κ2) is 23.6. The number of nitrogens with one attached hydrogen (secondary N) is 2. The number of hydrogen-bond acceptors (Lipinski definition) is 16. The number of aromatic nitrogens is 8. The number of ether oxygens (including phenoxy) is 2. The van der Waals surface area contributed by atoms with Crippen LogP contribution < -0.4 is 11.1 Å². The molecule has 0 radical (unpaired) electrons. The van der Waals surface area contributed by atoms with Crippen molar-refractivity contribution in [2.24, 2.45) is 0 Å². The van der Waals surface area contributed by atoms with Crippen LogP contribution >= 0.6 is 15.6 Å². The van der Waals surface area contributed by atoms with Gasteiger partial charge in [0.05, 0.1) is 51.7 Å². The first kappa shape index (κ1) is 48.2. The van der Waals surface area contributed by atoms with Gasteiger partial charge in [-0.3, -0.25) is 36.8 Å². The molecule has 0 aromatic carbocycles. The van der Waals surface area contributed by atoms with Gasteiger partial charge < -0.3 is 39.4 Å². The maximum absolute atomic E-state index is 12.7. The summed E-state index contributed by atoms with van der Waals surface area (Å²) in [5, 5.41) is 19.6. The average Bonchev–Trinajstić information content (AvgIpc) is 4.05. The monoisotopic (exact) mass is 914 g/mol. The number of aromatic amines is 2. The fraction of sp³-hybridized carbons (Fsp3) is 0.737.